The molecular formula is C21H21NO. The molecule has 116 valence electrons. The normalized spacial score (nSPS) is 10.5. The molecule has 0 bridgehead atoms. The van der Waals surface area contributed by atoms with Gasteiger partial charge in [0.05, 0.1) is 0 Å². The van der Waals surface area contributed by atoms with Crippen LogP contribution in [-0.2, 0) is 6.61 Å². The van der Waals surface area contributed by atoms with Crippen LogP contribution in [0.1, 0.15) is 16.7 Å². The van der Waals surface area contributed by atoms with Crippen LogP contribution < -0.4 is 10.5 Å². The third kappa shape index (κ3) is 3.54. The molecule has 3 aromatic carbocycles. The molecule has 2 N–H and O–H groups in total. The first-order valence-electron chi connectivity index (χ1n) is 7.77. The number of ether oxygens (including phenoxy) is 1. The van der Waals surface area contributed by atoms with Crippen molar-refractivity contribution in [1.82, 2.24) is 0 Å². The summed E-state index contributed by atoms with van der Waals surface area (Å²) in [6.45, 7) is 4.77. The molecule has 3 rings (SSSR count). The Morgan fingerprint density at radius 2 is 1.39 bits per heavy atom. The number of aryl methyl sites for hydroxylation is 2. The molecule has 3 aromatic rings. The summed E-state index contributed by atoms with van der Waals surface area (Å²) in [6, 6.07) is 22.5. The van der Waals surface area contributed by atoms with Gasteiger partial charge in [-0.2, -0.15) is 0 Å². The number of hydrogen-bond donors (Lipinski definition) is 1. The van der Waals surface area contributed by atoms with Crippen molar-refractivity contribution in [3.8, 4) is 16.9 Å². The molecule has 0 amide bonds. The molecule has 0 aliphatic carbocycles. The number of nitrogen functional groups attached to an aromatic ring is 1. The fourth-order valence-corrected chi connectivity index (χ4v) is 2.75. The van der Waals surface area contributed by atoms with Crippen molar-refractivity contribution in [3.63, 3.8) is 0 Å². The summed E-state index contributed by atoms with van der Waals surface area (Å²) >= 11 is 0. The minimum absolute atomic E-state index is 0.587. The van der Waals surface area contributed by atoms with Gasteiger partial charge in [0.1, 0.15) is 12.4 Å². The first kappa shape index (κ1) is 15.2. The van der Waals surface area contributed by atoms with Gasteiger partial charge >= 0.3 is 0 Å². The number of nitrogens with two attached hydrogens (primary N) is 1. The zero-order valence-electron chi connectivity index (χ0n) is 13.5. The molecule has 0 heterocycles. The van der Waals surface area contributed by atoms with Crippen LogP contribution in [0.25, 0.3) is 11.1 Å². The van der Waals surface area contributed by atoms with Gasteiger partial charge in [0, 0.05) is 5.69 Å². The number of rotatable bonds is 4. The second kappa shape index (κ2) is 6.57. The molecule has 0 aromatic heterocycles. The Kier molecular flexibility index (Phi) is 4.33. The van der Waals surface area contributed by atoms with E-state index in [0.29, 0.717) is 6.61 Å². The highest BCUT2D eigenvalue weighted by atomic mass is 16.5. The first-order chi connectivity index (χ1) is 11.1. The lowest BCUT2D eigenvalue weighted by Crippen LogP contribution is -1.99. The fraction of sp³-hybridized carbons (Fsp3) is 0.143. The maximum absolute atomic E-state index is 6.04. The van der Waals surface area contributed by atoms with Gasteiger partial charge in [-0.3, -0.25) is 0 Å². The van der Waals surface area contributed by atoms with E-state index in [1.807, 2.05) is 42.5 Å². The molecule has 0 radical (unpaired) electrons. The Morgan fingerprint density at radius 1 is 0.783 bits per heavy atom. The highest BCUT2D eigenvalue weighted by Crippen LogP contribution is 2.31. The van der Waals surface area contributed by atoms with Crippen LogP contribution in [0.3, 0.4) is 0 Å². The summed E-state index contributed by atoms with van der Waals surface area (Å²) < 4.78 is 6.04. The molecule has 0 aliphatic rings. The van der Waals surface area contributed by atoms with Crippen molar-refractivity contribution >= 4 is 5.69 Å². The highest BCUT2D eigenvalue weighted by Gasteiger charge is 2.08. The fourth-order valence-electron chi connectivity index (χ4n) is 2.75. The van der Waals surface area contributed by atoms with E-state index < -0.39 is 0 Å². The van der Waals surface area contributed by atoms with Gasteiger partial charge in [0.15, 0.2) is 0 Å². The predicted octanol–water partition coefficient (Wildman–Crippen LogP) is 5.13. The predicted molar refractivity (Wildman–Crippen MR) is 96.5 cm³/mol. The average Bonchev–Trinajstić information content (AvgIpc) is 2.55. The topological polar surface area (TPSA) is 35.2 Å². The molecule has 0 saturated carbocycles. The Labute approximate surface area is 137 Å². The van der Waals surface area contributed by atoms with Crippen LogP contribution >= 0.6 is 0 Å². The highest BCUT2D eigenvalue weighted by molar-refractivity contribution is 5.68. The van der Waals surface area contributed by atoms with E-state index in [-0.39, 0.29) is 0 Å². The van der Waals surface area contributed by atoms with E-state index in [4.69, 9.17) is 10.5 Å². The van der Waals surface area contributed by atoms with Crippen LogP contribution in [0, 0.1) is 13.8 Å². The summed E-state index contributed by atoms with van der Waals surface area (Å²) in [5.74, 6) is 0.966. The lowest BCUT2D eigenvalue weighted by molar-refractivity contribution is 0.302. The van der Waals surface area contributed by atoms with Crippen LogP contribution in [0.4, 0.5) is 5.69 Å². The van der Waals surface area contributed by atoms with Gasteiger partial charge in [-0.05, 0) is 65.9 Å². The molecule has 0 saturated heterocycles. The summed E-state index contributed by atoms with van der Waals surface area (Å²) in [7, 11) is 0. The molecule has 2 heteroatoms. The summed E-state index contributed by atoms with van der Waals surface area (Å²) in [5, 5.41) is 0. The van der Waals surface area contributed by atoms with E-state index in [2.05, 4.69) is 38.1 Å². The third-order valence-corrected chi connectivity index (χ3v) is 3.93. The van der Waals surface area contributed by atoms with E-state index in [0.717, 1.165) is 22.6 Å². The van der Waals surface area contributed by atoms with E-state index >= 15 is 0 Å². The maximum Gasteiger partial charge on any atom is 0.125 e. The minimum Gasteiger partial charge on any atom is -0.488 e. The van der Waals surface area contributed by atoms with Crippen molar-refractivity contribution in [2.45, 2.75) is 20.5 Å². The number of benzene rings is 3. The smallest absolute Gasteiger partial charge is 0.125 e. The summed E-state index contributed by atoms with van der Waals surface area (Å²) in [6.07, 6.45) is 0. The van der Waals surface area contributed by atoms with Crippen molar-refractivity contribution < 1.29 is 4.74 Å². The quantitative estimate of drug-likeness (QED) is 0.678. The van der Waals surface area contributed by atoms with Crippen LogP contribution in [-0.4, -0.2) is 0 Å². The molecule has 0 aliphatic heterocycles. The van der Waals surface area contributed by atoms with Gasteiger partial charge in [0.2, 0.25) is 0 Å². The monoisotopic (exact) mass is 303 g/mol. The second-order valence-electron chi connectivity index (χ2n) is 5.84. The number of anilines is 1. The van der Waals surface area contributed by atoms with Crippen LogP contribution in [0.5, 0.6) is 5.75 Å². The third-order valence-electron chi connectivity index (χ3n) is 3.93. The van der Waals surface area contributed by atoms with Gasteiger partial charge in [-0.1, -0.05) is 42.5 Å². The SMILES string of the molecule is Cc1cc(-c2ccc(N)cc2)cc(C)c1OCc1ccccc1. The molecule has 0 spiro atoms. The summed E-state index contributed by atoms with van der Waals surface area (Å²) in [5.41, 5.74) is 12.4. The molecule has 23 heavy (non-hydrogen) atoms. The minimum atomic E-state index is 0.587. The first-order valence-corrected chi connectivity index (χ1v) is 7.77. The molecule has 2 nitrogen and oxygen atoms in total. The van der Waals surface area contributed by atoms with Gasteiger partial charge in [0.25, 0.3) is 0 Å². The van der Waals surface area contributed by atoms with Crippen LogP contribution in [0.2, 0.25) is 0 Å². The largest absolute Gasteiger partial charge is 0.488 e. The lowest BCUT2D eigenvalue weighted by atomic mass is 9.99. The van der Waals surface area contributed by atoms with Gasteiger partial charge < -0.3 is 10.5 Å². The average molecular weight is 303 g/mol. The van der Waals surface area contributed by atoms with Gasteiger partial charge in [-0.25, -0.2) is 0 Å². The Hall–Kier alpha value is -2.74. The van der Waals surface area contributed by atoms with Crippen molar-refractivity contribution in [2.24, 2.45) is 0 Å². The summed E-state index contributed by atoms with van der Waals surface area (Å²) in [4.78, 5) is 0. The van der Waals surface area contributed by atoms with E-state index in [1.54, 1.807) is 0 Å². The van der Waals surface area contributed by atoms with Gasteiger partial charge in [-0.15, -0.1) is 0 Å². The number of hydrogen-bond acceptors (Lipinski definition) is 2. The second-order valence-corrected chi connectivity index (χ2v) is 5.84. The standard InChI is InChI=1S/C21H21NO/c1-15-12-19(18-8-10-20(22)11-9-18)13-16(2)21(15)23-14-17-6-4-3-5-7-17/h3-13H,14,22H2,1-2H3. The van der Waals surface area contributed by atoms with Crippen molar-refractivity contribution in [1.29, 1.82) is 0 Å². The maximum atomic E-state index is 6.04. The molecule has 0 unspecified atom stereocenters. The Morgan fingerprint density at radius 3 is 2.00 bits per heavy atom. The van der Waals surface area contributed by atoms with E-state index in [9.17, 15) is 0 Å². The lowest BCUT2D eigenvalue weighted by Gasteiger charge is -2.14. The zero-order valence-corrected chi connectivity index (χ0v) is 13.5. The van der Waals surface area contributed by atoms with Crippen LogP contribution in [0.15, 0.2) is 66.7 Å². The van der Waals surface area contributed by atoms with Crippen molar-refractivity contribution in [2.75, 3.05) is 5.73 Å². The molecular weight excluding hydrogens is 282 g/mol. The Balaban J connectivity index is 1.84. The molecule has 0 fully saturated rings. The van der Waals surface area contributed by atoms with E-state index in [1.165, 1.54) is 16.7 Å². The Bertz CT molecular complexity index is 769. The molecule has 0 atom stereocenters. The zero-order chi connectivity index (χ0) is 16.2. The van der Waals surface area contributed by atoms with Crippen molar-refractivity contribution in [3.05, 3.63) is 83.4 Å².